The van der Waals surface area contributed by atoms with Crippen LogP contribution in [0.15, 0.2) is 83.0 Å². The van der Waals surface area contributed by atoms with Crippen LogP contribution in [0.5, 0.6) is 0 Å². The van der Waals surface area contributed by atoms with E-state index in [-0.39, 0.29) is 27.9 Å². The number of rotatable bonds is 5. The first kappa shape index (κ1) is 20.5. The van der Waals surface area contributed by atoms with E-state index in [0.29, 0.717) is 16.3 Å². The van der Waals surface area contributed by atoms with Crippen molar-refractivity contribution in [2.75, 3.05) is 5.73 Å². The Kier molecular flexibility index (Phi) is 5.66. The summed E-state index contributed by atoms with van der Waals surface area (Å²) in [6, 6.07) is 20.5. The average molecular weight is 453 g/mol. The summed E-state index contributed by atoms with van der Waals surface area (Å²) in [6.45, 7) is 0. The molecular formula is C21H14Cl2N6O2. The van der Waals surface area contributed by atoms with Gasteiger partial charge in [-0.1, -0.05) is 53.5 Å². The molecule has 3 aromatic carbocycles. The van der Waals surface area contributed by atoms with Crippen LogP contribution < -0.4 is 5.73 Å². The van der Waals surface area contributed by atoms with Gasteiger partial charge in [-0.15, -0.1) is 10.2 Å². The first-order valence-electron chi connectivity index (χ1n) is 8.99. The lowest BCUT2D eigenvalue weighted by atomic mass is 10.1. The zero-order valence-electron chi connectivity index (χ0n) is 15.8. The monoisotopic (exact) mass is 452 g/mol. The number of azo groups is 1. The van der Waals surface area contributed by atoms with Crippen LogP contribution in [-0.4, -0.2) is 14.7 Å². The van der Waals surface area contributed by atoms with Gasteiger partial charge in [0.25, 0.3) is 5.69 Å². The van der Waals surface area contributed by atoms with Crippen LogP contribution >= 0.6 is 23.2 Å². The van der Waals surface area contributed by atoms with Crippen molar-refractivity contribution in [1.82, 2.24) is 9.78 Å². The number of halogens is 2. The molecule has 0 saturated carbocycles. The van der Waals surface area contributed by atoms with E-state index >= 15 is 0 Å². The molecule has 0 aliphatic rings. The molecule has 0 unspecified atom stereocenters. The molecular weight excluding hydrogens is 439 g/mol. The molecule has 1 heterocycles. The Bertz CT molecular complexity index is 1300. The minimum absolute atomic E-state index is 0.0401. The van der Waals surface area contributed by atoms with E-state index in [0.717, 1.165) is 5.69 Å². The molecule has 4 rings (SSSR count). The highest BCUT2D eigenvalue weighted by atomic mass is 35.5. The van der Waals surface area contributed by atoms with Crippen molar-refractivity contribution in [3.05, 3.63) is 93.0 Å². The molecule has 0 fully saturated rings. The van der Waals surface area contributed by atoms with Crippen molar-refractivity contribution in [2.24, 2.45) is 10.2 Å². The summed E-state index contributed by atoms with van der Waals surface area (Å²) >= 11 is 12.0. The number of hydrogen-bond acceptors (Lipinski definition) is 6. The van der Waals surface area contributed by atoms with E-state index in [1.807, 2.05) is 36.4 Å². The van der Waals surface area contributed by atoms with Crippen LogP contribution in [0.4, 0.5) is 22.9 Å². The lowest BCUT2D eigenvalue weighted by molar-refractivity contribution is -0.384. The van der Waals surface area contributed by atoms with Crippen molar-refractivity contribution >= 4 is 46.1 Å². The van der Waals surface area contributed by atoms with Crippen LogP contribution in [0.1, 0.15) is 0 Å². The molecule has 4 aromatic rings. The molecule has 0 aliphatic carbocycles. The van der Waals surface area contributed by atoms with Crippen LogP contribution in [0.3, 0.4) is 0 Å². The summed E-state index contributed by atoms with van der Waals surface area (Å²) < 4.78 is 1.53. The third-order valence-electron chi connectivity index (χ3n) is 4.39. The second kappa shape index (κ2) is 8.55. The maximum Gasteiger partial charge on any atom is 0.298 e. The third-order valence-corrected chi connectivity index (χ3v) is 4.86. The minimum atomic E-state index is -0.575. The zero-order valence-corrected chi connectivity index (χ0v) is 17.3. The molecule has 31 heavy (non-hydrogen) atoms. The van der Waals surface area contributed by atoms with Crippen molar-refractivity contribution in [3.63, 3.8) is 0 Å². The van der Waals surface area contributed by atoms with Gasteiger partial charge in [0.2, 0.25) is 0 Å². The minimum Gasteiger partial charge on any atom is -0.382 e. The molecule has 0 spiro atoms. The molecule has 1 aromatic heterocycles. The number of nitrogen functional groups attached to an aromatic ring is 1. The topological polar surface area (TPSA) is 112 Å². The number of nitro groups is 1. The largest absolute Gasteiger partial charge is 0.382 e. The lowest BCUT2D eigenvalue weighted by Crippen LogP contribution is -2.01. The molecule has 0 saturated heterocycles. The summed E-state index contributed by atoms with van der Waals surface area (Å²) in [5, 5.41) is 25.0. The fourth-order valence-corrected chi connectivity index (χ4v) is 3.31. The summed E-state index contributed by atoms with van der Waals surface area (Å²) in [5.74, 6) is 0.224. The lowest BCUT2D eigenvalue weighted by Gasteiger charge is -2.02. The first-order chi connectivity index (χ1) is 14.9. The molecule has 0 aliphatic heterocycles. The Morgan fingerprint density at radius 1 is 0.935 bits per heavy atom. The Morgan fingerprint density at radius 3 is 2.39 bits per heavy atom. The Hall–Kier alpha value is -3.75. The number of nitro benzene ring substituents is 1. The van der Waals surface area contributed by atoms with Gasteiger partial charge in [-0.3, -0.25) is 10.1 Å². The zero-order chi connectivity index (χ0) is 22.0. The van der Waals surface area contributed by atoms with E-state index in [1.165, 1.54) is 22.9 Å². The average Bonchev–Trinajstić information content (AvgIpc) is 3.09. The van der Waals surface area contributed by atoms with Crippen LogP contribution in [-0.2, 0) is 0 Å². The number of nitrogens with zero attached hydrogens (tertiary/aromatic N) is 5. The Labute approximate surface area is 186 Å². The molecule has 154 valence electrons. The number of aromatic nitrogens is 2. The normalized spacial score (nSPS) is 11.2. The van der Waals surface area contributed by atoms with Gasteiger partial charge >= 0.3 is 0 Å². The second-order valence-electron chi connectivity index (χ2n) is 6.43. The molecule has 2 N–H and O–H groups in total. The predicted molar refractivity (Wildman–Crippen MR) is 121 cm³/mol. The SMILES string of the molecule is Nc1c(N=Nc2ccc(Cl)cc2[N+](=O)[O-])c(-c2cccc(Cl)c2)nn1-c1ccccc1. The van der Waals surface area contributed by atoms with Crippen molar-refractivity contribution in [2.45, 2.75) is 0 Å². The van der Waals surface area contributed by atoms with Gasteiger partial charge in [0.05, 0.1) is 10.6 Å². The van der Waals surface area contributed by atoms with Crippen LogP contribution in [0.2, 0.25) is 10.0 Å². The summed E-state index contributed by atoms with van der Waals surface area (Å²) in [6.07, 6.45) is 0. The van der Waals surface area contributed by atoms with Gasteiger partial charge in [-0.05, 0) is 36.4 Å². The number of benzene rings is 3. The second-order valence-corrected chi connectivity index (χ2v) is 7.30. The number of hydrogen-bond donors (Lipinski definition) is 1. The molecule has 0 radical (unpaired) electrons. The fraction of sp³-hybridized carbons (Fsp3) is 0. The van der Waals surface area contributed by atoms with Crippen molar-refractivity contribution < 1.29 is 4.92 Å². The highest BCUT2D eigenvalue weighted by molar-refractivity contribution is 6.31. The van der Waals surface area contributed by atoms with Gasteiger partial charge in [-0.25, -0.2) is 4.68 Å². The highest BCUT2D eigenvalue weighted by Crippen LogP contribution is 2.39. The van der Waals surface area contributed by atoms with Gasteiger partial charge in [0, 0.05) is 21.7 Å². The molecule has 0 atom stereocenters. The standard InChI is InChI=1S/C21H14Cl2N6O2/c22-14-6-4-5-13(11-14)19-20(21(24)28(27-19)16-7-2-1-3-8-16)26-25-17-10-9-15(23)12-18(17)29(30)31/h1-12H,24H2. The third kappa shape index (κ3) is 4.25. The van der Waals surface area contributed by atoms with Gasteiger partial charge < -0.3 is 5.73 Å². The molecule has 0 bridgehead atoms. The fourth-order valence-electron chi connectivity index (χ4n) is 2.95. The number of nitrogens with two attached hydrogens (primary N) is 1. The first-order valence-corrected chi connectivity index (χ1v) is 9.75. The predicted octanol–water partition coefficient (Wildman–Crippen LogP) is 6.75. The quantitative estimate of drug-likeness (QED) is 0.205. The molecule has 0 amide bonds. The van der Waals surface area contributed by atoms with E-state index < -0.39 is 4.92 Å². The summed E-state index contributed by atoms with van der Waals surface area (Å²) in [7, 11) is 0. The number of para-hydroxylation sites is 1. The maximum atomic E-state index is 11.4. The van der Waals surface area contributed by atoms with Gasteiger partial charge in [0.15, 0.2) is 17.2 Å². The van der Waals surface area contributed by atoms with Gasteiger partial charge in [0.1, 0.15) is 5.69 Å². The van der Waals surface area contributed by atoms with Crippen molar-refractivity contribution in [1.29, 1.82) is 0 Å². The maximum absolute atomic E-state index is 11.4. The van der Waals surface area contributed by atoms with E-state index in [1.54, 1.807) is 18.2 Å². The van der Waals surface area contributed by atoms with Gasteiger partial charge in [-0.2, -0.15) is 5.10 Å². The van der Waals surface area contributed by atoms with E-state index in [4.69, 9.17) is 28.9 Å². The summed E-state index contributed by atoms with van der Waals surface area (Å²) in [4.78, 5) is 10.8. The highest BCUT2D eigenvalue weighted by Gasteiger charge is 2.20. The molecule has 8 nitrogen and oxygen atoms in total. The smallest absolute Gasteiger partial charge is 0.298 e. The Morgan fingerprint density at radius 2 is 1.68 bits per heavy atom. The van der Waals surface area contributed by atoms with E-state index in [9.17, 15) is 10.1 Å². The molecule has 10 heteroatoms. The van der Waals surface area contributed by atoms with Crippen molar-refractivity contribution in [3.8, 4) is 16.9 Å². The van der Waals surface area contributed by atoms with Crippen LogP contribution in [0.25, 0.3) is 16.9 Å². The van der Waals surface area contributed by atoms with E-state index in [2.05, 4.69) is 15.3 Å². The Balaban J connectivity index is 1.88. The van der Waals surface area contributed by atoms with Crippen LogP contribution in [0, 0.1) is 10.1 Å². The summed E-state index contributed by atoms with van der Waals surface area (Å²) in [5.41, 5.74) is 8.22. The number of anilines is 1.